The van der Waals surface area contributed by atoms with Crippen molar-refractivity contribution in [1.82, 2.24) is 14.8 Å². The molecule has 4 heteroatoms. The molecule has 0 aliphatic carbocycles. The van der Waals surface area contributed by atoms with Gasteiger partial charge in [-0.25, -0.2) is 4.98 Å². The van der Waals surface area contributed by atoms with Gasteiger partial charge < -0.3 is 4.90 Å². The van der Waals surface area contributed by atoms with E-state index in [1.54, 1.807) is 0 Å². The molecule has 1 fully saturated rings. The van der Waals surface area contributed by atoms with Crippen molar-refractivity contribution in [3.05, 3.63) is 41.4 Å². The third-order valence-corrected chi connectivity index (χ3v) is 5.00. The van der Waals surface area contributed by atoms with Crippen molar-refractivity contribution in [2.75, 3.05) is 27.2 Å². The van der Waals surface area contributed by atoms with Crippen LogP contribution in [0.1, 0.15) is 11.3 Å². The number of aromatic nitrogens is 1. The van der Waals surface area contributed by atoms with Crippen molar-refractivity contribution >= 4 is 11.3 Å². The first-order valence-electron chi connectivity index (χ1n) is 7.11. The molecule has 0 spiro atoms. The molecular weight excluding hydrogens is 266 g/mol. The number of likely N-dealkylation sites (tertiary alicyclic amines) is 1. The monoisotopic (exact) mass is 287 g/mol. The molecule has 106 valence electrons. The highest BCUT2D eigenvalue weighted by atomic mass is 32.1. The Morgan fingerprint density at radius 2 is 2.15 bits per heavy atom. The van der Waals surface area contributed by atoms with Gasteiger partial charge in [-0.05, 0) is 27.1 Å². The van der Waals surface area contributed by atoms with E-state index in [9.17, 15) is 0 Å². The second-order valence-electron chi connectivity index (χ2n) is 5.62. The van der Waals surface area contributed by atoms with E-state index in [2.05, 4.69) is 53.1 Å². The highest BCUT2D eigenvalue weighted by Gasteiger charge is 2.23. The Morgan fingerprint density at radius 1 is 1.35 bits per heavy atom. The van der Waals surface area contributed by atoms with E-state index in [-0.39, 0.29) is 0 Å². The number of hydrogen-bond donors (Lipinski definition) is 0. The molecule has 1 aliphatic rings. The van der Waals surface area contributed by atoms with Crippen molar-refractivity contribution < 1.29 is 0 Å². The summed E-state index contributed by atoms with van der Waals surface area (Å²) in [7, 11) is 4.43. The van der Waals surface area contributed by atoms with Crippen LogP contribution in [0.5, 0.6) is 0 Å². The van der Waals surface area contributed by atoms with Gasteiger partial charge in [0.15, 0.2) is 0 Å². The third-order valence-electron chi connectivity index (χ3n) is 3.97. The Labute approximate surface area is 124 Å². The normalized spacial score (nSPS) is 19.9. The predicted molar refractivity (Wildman–Crippen MR) is 84.9 cm³/mol. The quantitative estimate of drug-likeness (QED) is 0.862. The zero-order valence-corrected chi connectivity index (χ0v) is 12.9. The van der Waals surface area contributed by atoms with Crippen molar-refractivity contribution in [1.29, 1.82) is 0 Å². The fourth-order valence-corrected chi connectivity index (χ4v) is 3.72. The number of nitrogens with zero attached hydrogens (tertiary/aromatic N) is 3. The van der Waals surface area contributed by atoms with E-state index < -0.39 is 0 Å². The average molecular weight is 287 g/mol. The molecule has 0 N–H and O–H groups in total. The Bertz CT molecular complexity index is 552. The zero-order valence-electron chi connectivity index (χ0n) is 12.1. The molecule has 1 aromatic carbocycles. The largest absolute Gasteiger partial charge is 0.305 e. The van der Waals surface area contributed by atoms with Crippen LogP contribution in [0, 0.1) is 0 Å². The first-order valence-corrected chi connectivity index (χ1v) is 7.93. The highest BCUT2D eigenvalue weighted by Crippen LogP contribution is 2.26. The second-order valence-corrected chi connectivity index (χ2v) is 6.73. The highest BCUT2D eigenvalue weighted by molar-refractivity contribution is 7.15. The number of rotatable bonds is 4. The maximum atomic E-state index is 4.56. The maximum absolute atomic E-state index is 4.56. The number of benzene rings is 1. The van der Waals surface area contributed by atoms with Crippen molar-refractivity contribution in [3.63, 3.8) is 0 Å². The molecule has 20 heavy (non-hydrogen) atoms. The SMILES string of the molecule is CN1CC[C@@H](N(C)Cc2cnc(-c3ccccc3)s2)C1. The summed E-state index contributed by atoms with van der Waals surface area (Å²) >= 11 is 1.81. The first kappa shape index (κ1) is 13.7. The Morgan fingerprint density at radius 3 is 2.85 bits per heavy atom. The molecule has 2 heterocycles. The summed E-state index contributed by atoms with van der Waals surface area (Å²) in [5, 5.41) is 1.12. The summed E-state index contributed by atoms with van der Waals surface area (Å²) in [5.41, 5.74) is 1.21. The van der Waals surface area contributed by atoms with Gasteiger partial charge in [-0.3, -0.25) is 4.90 Å². The van der Waals surface area contributed by atoms with Gasteiger partial charge in [-0.15, -0.1) is 11.3 Å². The van der Waals surface area contributed by atoms with E-state index in [1.165, 1.54) is 30.0 Å². The fraction of sp³-hybridized carbons (Fsp3) is 0.438. The number of thiazole rings is 1. The Hall–Kier alpha value is -1.23. The summed E-state index contributed by atoms with van der Waals surface area (Å²) in [4.78, 5) is 10.8. The van der Waals surface area contributed by atoms with Gasteiger partial charge in [0, 0.05) is 35.8 Å². The summed E-state index contributed by atoms with van der Waals surface area (Å²) in [6.45, 7) is 3.40. The molecule has 3 rings (SSSR count). The van der Waals surface area contributed by atoms with Gasteiger partial charge in [-0.1, -0.05) is 30.3 Å². The molecule has 0 amide bonds. The molecule has 0 unspecified atom stereocenters. The molecular formula is C16H21N3S. The summed E-state index contributed by atoms with van der Waals surface area (Å²) < 4.78 is 0. The Balaban J connectivity index is 1.65. The summed E-state index contributed by atoms with van der Waals surface area (Å²) in [6.07, 6.45) is 3.31. The van der Waals surface area contributed by atoms with Crippen LogP contribution >= 0.6 is 11.3 Å². The molecule has 1 saturated heterocycles. The van der Waals surface area contributed by atoms with Gasteiger partial charge in [-0.2, -0.15) is 0 Å². The van der Waals surface area contributed by atoms with Gasteiger partial charge in [0.2, 0.25) is 0 Å². The summed E-state index contributed by atoms with van der Waals surface area (Å²) in [6, 6.07) is 11.1. The van der Waals surface area contributed by atoms with Gasteiger partial charge in [0.05, 0.1) is 0 Å². The minimum atomic E-state index is 0.683. The van der Waals surface area contributed by atoms with Crippen LogP contribution in [0.2, 0.25) is 0 Å². The van der Waals surface area contributed by atoms with E-state index in [4.69, 9.17) is 0 Å². The molecule has 0 saturated carbocycles. The molecule has 0 bridgehead atoms. The molecule has 0 radical (unpaired) electrons. The maximum Gasteiger partial charge on any atom is 0.123 e. The van der Waals surface area contributed by atoms with Gasteiger partial charge >= 0.3 is 0 Å². The second kappa shape index (κ2) is 6.04. The molecule has 1 atom stereocenters. The smallest absolute Gasteiger partial charge is 0.123 e. The lowest BCUT2D eigenvalue weighted by molar-refractivity contribution is 0.236. The van der Waals surface area contributed by atoms with Crippen LogP contribution in [0.15, 0.2) is 36.5 Å². The minimum Gasteiger partial charge on any atom is -0.305 e. The van der Waals surface area contributed by atoms with Crippen LogP contribution in [-0.4, -0.2) is 48.0 Å². The van der Waals surface area contributed by atoms with E-state index >= 15 is 0 Å². The van der Waals surface area contributed by atoms with Gasteiger partial charge in [0.25, 0.3) is 0 Å². The number of hydrogen-bond acceptors (Lipinski definition) is 4. The van der Waals surface area contributed by atoms with Crippen LogP contribution in [0.3, 0.4) is 0 Å². The van der Waals surface area contributed by atoms with E-state index in [0.717, 1.165) is 11.6 Å². The number of likely N-dealkylation sites (N-methyl/N-ethyl adjacent to an activating group) is 2. The zero-order chi connectivity index (χ0) is 13.9. The molecule has 1 aromatic heterocycles. The third kappa shape index (κ3) is 3.08. The molecule has 3 nitrogen and oxygen atoms in total. The van der Waals surface area contributed by atoms with Crippen LogP contribution < -0.4 is 0 Å². The first-order chi connectivity index (χ1) is 9.72. The van der Waals surface area contributed by atoms with E-state index in [0.29, 0.717) is 6.04 Å². The summed E-state index contributed by atoms with van der Waals surface area (Å²) in [5.74, 6) is 0. The molecule has 2 aromatic rings. The standard InChI is InChI=1S/C16H21N3S/c1-18-9-8-14(11-18)19(2)12-15-10-17-16(20-15)13-6-4-3-5-7-13/h3-7,10,14H,8-9,11-12H2,1-2H3/t14-/m1/s1. The van der Waals surface area contributed by atoms with Crippen molar-refractivity contribution in [3.8, 4) is 10.6 Å². The predicted octanol–water partition coefficient (Wildman–Crippen LogP) is 2.95. The fourth-order valence-electron chi connectivity index (χ4n) is 2.74. The van der Waals surface area contributed by atoms with Crippen LogP contribution in [0.4, 0.5) is 0 Å². The van der Waals surface area contributed by atoms with Crippen LogP contribution in [-0.2, 0) is 6.54 Å². The van der Waals surface area contributed by atoms with Crippen molar-refractivity contribution in [2.45, 2.75) is 19.0 Å². The van der Waals surface area contributed by atoms with Crippen LogP contribution in [0.25, 0.3) is 10.6 Å². The lowest BCUT2D eigenvalue weighted by atomic mass is 10.2. The van der Waals surface area contributed by atoms with Crippen molar-refractivity contribution in [2.24, 2.45) is 0 Å². The van der Waals surface area contributed by atoms with Gasteiger partial charge in [0.1, 0.15) is 5.01 Å². The Kier molecular flexibility index (Phi) is 4.15. The topological polar surface area (TPSA) is 19.4 Å². The lowest BCUT2D eigenvalue weighted by Gasteiger charge is -2.23. The lowest BCUT2D eigenvalue weighted by Crippen LogP contribution is -2.33. The molecule has 1 aliphatic heterocycles. The average Bonchev–Trinajstić information content (AvgIpc) is 3.09. The minimum absolute atomic E-state index is 0.683. The van der Waals surface area contributed by atoms with E-state index in [1.807, 2.05) is 23.6 Å².